The largest absolute Gasteiger partial charge is 0.497 e. The lowest BCUT2D eigenvalue weighted by Crippen LogP contribution is -2.14. The van der Waals surface area contributed by atoms with E-state index in [0.717, 1.165) is 0 Å². The number of halogens is 1. The lowest BCUT2D eigenvalue weighted by molar-refractivity contribution is 0.103. The van der Waals surface area contributed by atoms with Crippen molar-refractivity contribution in [1.82, 2.24) is 0 Å². The molecule has 0 aliphatic carbocycles. The van der Waals surface area contributed by atoms with Crippen LogP contribution in [0.2, 0.25) is 5.02 Å². The summed E-state index contributed by atoms with van der Waals surface area (Å²) in [6.07, 6.45) is 0. The first-order valence-electron chi connectivity index (χ1n) is 5.84. The molecular formula is C14H12ClNO4S. The van der Waals surface area contributed by atoms with Crippen molar-refractivity contribution in [2.75, 3.05) is 7.11 Å². The van der Waals surface area contributed by atoms with Crippen LogP contribution in [0.25, 0.3) is 0 Å². The molecule has 0 bridgehead atoms. The number of nitrogens with two attached hydrogens (primary N) is 1. The lowest BCUT2D eigenvalue weighted by Gasteiger charge is -2.06. The Morgan fingerprint density at radius 2 is 1.67 bits per heavy atom. The molecule has 0 fully saturated rings. The van der Waals surface area contributed by atoms with E-state index in [2.05, 4.69) is 0 Å². The topological polar surface area (TPSA) is 86.5 Å². The molecule has 0 saturated heterocycles. The zero-order chi connectivity index (χ0) is 15.6. The molecule has 110 valence electrons. The number of hydrogen-bond donors (Lipinski definition) is 1. The minimum atomic E-state index is -3.99. The van der Waals surface area contributed by atoms with Crippen molar-refractivity contribution in [2.45, 2.75) is 4.90 Å². The Balaban J connectivity index is 2.44. The lowest BCUT2D eigenvalue weighted by atomic mass is 10.0. The number of hydrogen-bond acceptors (Lipinski definition) is 4. The van der Waals surface area contributed by atoms with Gasteiger partial charge in [0.05, 0.1) is 12.1 Å². The third-order valence-electron chi connectivity index (χ3n) is 2.85. The minimum Gasteiger partial charge on any atom is -0.497 e. The number of carbonyl (C=O) groups excluding carboxylic acids is 1. The zero-order valence-corrected chi connectivity index (χ0v) is 12.6. The summed E-state index contributed by atoms with van der Waals surface area (Å²) in [5.74, 6) is 0.284. The van der Waals surface area contributed by atoms with Crippen LogP contribution in [0.5, 0.6) is 5.75 Å². The van der Waals surface area contributed by atoms with Crippen LogP contribution in [0.4, 0.5) is 0 Å². The Kier molecular flexibility index (Phi) is 4.32. The Morgan fingerprint density at radius 1 is 1.10 bits per heavy atom. The van der Waals surface area contributed by atoms with Crippen molar-refractivity contribution >= 4 is 27.4 Å². The van der Waals surface area contributed by atoms with E-state index in [1.165, 1.54) is 25.3 Å². The van der Waals surface area contributed by atoms with Crippen LogP contribution < -0.4 is 9.88 Å². The summed E-state index contributed by atoms with van der Waals surface area (Å²) in [5, 5.41) is 5.04. The standard InChI is InChI=1S/C14H12ClNO4S/c1-20-11-5-2-9(3-6-11)14(17)10-4-7-12(15)13(8-10)21(16,18)19/h2-8H,1H3,(H2,16,18,19). The smallest absolute Gasteiger partial charge is 0.239 e. The maximum absolute atomic E-state index is 12.3. The van der Waals surface area contributed by atoms with Gasteiger partial charge in [0.25, 0.3) is 0 Å². The van der Waals surface area contributed by atoms with Crippen molar-refractivity contribution in [3.8, 4) is 5.75 Å². The molecule has 0 spiro atoms. The molecule has 2 rings (SSSR count). The Labute approximate surface area is 127 Å². The van der Waals surface area contributed by atoms with Crippen molar-refractivity contribution < 1.29 is 17.9 Å². The molecule has 0 saturated carbocycles. The molecule has 0 atom stereocenters. The van der Waals surface area contributed by atoms with E-state index in [-0.39, 0.29) is 21.3 Å². The fourth-order valence-electron chi connectivity index (χ4n) is 1.77. The second kappa shape index (κ2) is 5.85. The van der Waals surface area contributed by atoms with Gasteiger partial charge in [0.1, 0.15) is 10.6 Å². The van der Waals surface area contributed by atoms with Gasteiger partial charge in [-0.2, -0.15) is 0 Å². The maximum Gasteiger partial charge on any atom is 0.239 e. The summed E-state index contributed by atoms with van der Waals surface area (Å²) in [5.41, 5.74) is 0.590. The van der Waals surface area contributed by atoms with Crippen molar-refractivity contribution in [2.24, 2.45) is 5.14 Å². The fourth-order valence-corrected chi connectivity index (χ4v) is 2.84. The van der Waals surface area contributed by atoms with E-state index in [1.54, 1.807) is 24.3 Å². The highest BCUT2D eigenvalue weighted by Gasteiger charge is 2.17. The molecule has 0 radical (unpaired) electrons. The van der Waals surface area contributed by atoms with Crippen LogP contribution in [0.3, 0.4) is 0 Å². The molecule has 5 nitrogen and oxygen atoms in total. The molecule has 0 unspecified atom stereocenters. The van der Waals surface area contributed by atoms with Gasteiger partial charge in [-0.3, -0.25) is 4.79 Å². The summed E-state index contributed by atoms with van der Waals surface area (Å²) in [6, 6.07) is 10.4. The molecule has 0 aliphatic rings. The molecular weight excluding hydrogens is 314 g/mol. The molecule has 0 amide bonds. The number of ketones is 1. The SMILES string of the molecule is COc1ccc(C(=O)c2ccc(Cl)c(S(N)(=O)=O)c2)cc1. The van der Waals surface area contributed by atoms with Crippen LogP contribution in [0.15, 0.2) is 47.4 Å². The fraction of sp³-hybridized carbons (Fsp3) is 0.0714. The number of ether oxygens (including phenoxy) is 1. The Morgan fingerprint density at radius 3 is 2.19 bits per heavy atom. The van der Waals surface area contributed by atoms with Gasteiger partial charge in [0.15, 0.2) is 5.78 Å². The van der Waals surface area contributed by atoms with E-state index in [1.807, 2.05) is 0 Å². The molecule has 21 heavy (non-hydrogen) atoms. The summed E-state index contributed by atoms with van der Waals surface area (Å²) in [7, 11) is -2.46. The van der Waals surface area contributed by atoms with E-state index >= 15 is 0 Å². The summed E-state index contributed by atoms with van der Waals surface area (Å²) < 4.78 is 27.8. The third kappa shape index (κ3) is 3.41. The first kappa shape index (κ1) is 15.5. The van der Waals surface area contributed by atoms with Gasteiger partial charge in [0.2, 0.25) is 10.0 Å². The second-order valence-electron chi connectivity index (χ2n) is 4.25. The Hall–Kier alpha value is -1.89. The van der Waals surface area contributed by atoms with Crippen LogP contribution >= 0.6 is 11.6 Å². The number of benzene rings is 2. The van der Waals surface area contributed by atoms with Gasteiger partial charge in [-0.1, -0.05) is 11.6 Å². The normalized spacial score (nSPS) is 11.2. The minimum absolute atomic E-state index is 0.0243. The number of sulfonamides is 1. The number of carbonyl (C=O) groups is 1. The first-order valence-corrected chi connectivity index (χ1v) is 7.76. The quantitative estimate of drug-likeness (QED) is 0.873. The number of rotatable bonds is 4. The van der Waals surface area contributed by atoms with Gasteiger partial charge >= 0.3 is 0 Å². The molecule has 2 aromatic rings. The highest BCUT2D eigenvalue weighted by atomic mass is 35.5. The van der Waals surface area contributed by atoms with E-state index < -0.39 is 10.0 Å². The highest BCUT2D eigenvalue weighted by Crippen LogP contribution is 2.23. The van der Waals surface area contributed by atoms with Crippen molar-refractivity contribution in [1.29, 1.82) is 0 Å². The predicted octanol–water partition coefficient (Wildman–Crippen LogP) is 2.23. The zero-order valence-electron chi connectivity index (χ0n) is 11.0. The van der Waals surface area contributed by atoms with Crippen LogP contribution in [0.1, 0.15) is 15.9 Å². The predicted molar refractivity (Wildman–Crippen MR) is 79.3 cm³/mol. The third-order valence-corrected chi connectivity index (χ3v) is 4.24. The van der Waals surface area contributed by atoms with Crippen molar-refractivity contribution in [3.63, 3.8) is 0 Å². The molecule has 2 aromatic carbocycles. The van der Waals surface area contributed by atoms with Gasteiger partial charge in [-0.05, 0) is 42.5 Å². The second-order valence-corrected chi connectivity index (χ2v) is 6.18. The van der Waals surface area contributed by atoms with Crippen LogP contribution in [-0.4, -0.2) is 21.3 Å². The molecule has 0 heterocycles. The van der Waals surface area contributed by atoms with Gasteiger partial charge in [0, 0.05) is 11.1 Å². The summed E-state index contributed by atoms with van der Waals surface area (Å²) in [6.45, 7) is 0. The first-order chi connectivity index (χ1) is 9.82. The van der Waals surface area contributed by atoms with Crippen molar-refractivity contribution in [3.05, 3.63) is 58.6 Å². The summed E-state index contributed by atoms with van der Waals surface area (Å²) >= 11 is 5.78. The van der Waals surface area contributed by atoms with E-state index in [9.17, 15) is 13.2 Å². The molecule has 0 aliphatic heterocycles. The average molecular weight is 326 g/mol. The van der Waals surface area contributed by atoms with Gasteiger partial charge < -0.3 is 4.74 Å². The van der Waals surface area contributed by atoms with Gasteiger partial charge in [-0.15, -0.1) is 0 Å². The summed E-state index contributed by atoms with van der Waals surface area (Å²) in [4.78, 5) is 12.0. The van der Waals surface area contributed by atoms with E-state index in [4.69, 9.17) is 21.5 Å². The molecule has 2 N–H and O–H groups in total. The highest BCUT2D eigenvalue weighted by molar-refractivity contribution is 7.89. The average Bonchev–Trinajstić information content (AvgIpc) is 2.46. The Bertz CT molecular complexity index is 785. The molecule has 0 aromatic heterocycles. The van der Waals surface area contributed by atoms with E-state index in [0.29, 0.717) is 11.3 Å². The number of primary sulfonamides is 1. The maximum atomic E-state index is 12.3. The van der Waals surface area contributed by atoms with Crippen LogP contribution in [0, 0.1) is 0 Å². The molecule has 7 heteroatoms. The van der Waals surface area contributed by atoms with Gasteiger partial charge in [-0.25, -0.2) is 13.6 Å². The number of methoxy groups -OCH3 is 1. The monoisotopic (exact) mass is 325 g/mol. The van der Waals surface area contributed by atoms with Crippen LogP contribution in [-0.2, 0) is 10.0 Å².